The standard InChI is InChI=1S/C19H16N2O3/c22-19-14-6-1-2-7-15(14)20-18(12-4-3-5-12)21(19)13-8-9-16-17(10-13)24-11-23-16/h1-2,6-10,12H,3-5,11H2. The van der Waals surface area contributed by atoms with E-state index in [2.05, 4.69) is 0 Å². The van der Waals surface area contributed by atoms with Crippen LogP contribution in [-0.2, 0) is 0 Å². The third-order valence-corrected chi connectivity index (χ3v) is 4.89. The predicted octanol–water partition coefficient (Wildman–Crippen LogP) is 3.38. The van der Waals surface area contributed by atoms with E-state index >= 15 is 0 Å². The van der Waals surface area contributed by atoms with Crippen LogP contribution in [0.15, 0.2) is 47.3 Å². The molecule has 5 rings (SSSR count). The molecule has 0 saturated heterocycles. The van der Waals surface area contributed by atoms with Crippen molar-refractivity contribution in [2.45, 2.75) is 25.2 Å². The summed E-state index contributed by atoms with van der Waals surface area (Å²) in [5.74, 6) is 2.58. The van der Waals surface area contributed by atoms with Crippen molar-refractivity contribution < 1.29 is 9.47 Å². The lowest BCUT2D eigenvalue weighted by molar-refractivity contribution is 0.174. The Hall–Kier alpha value is -2.82. The summed E-state index contributed by atoms with van der Waals surface area (Å²) >= 11 is 0. The number of hydrogen-bond acceptors (Lipinski definition) is 4. The van der Waals surface area contributed by atoms with Crippen molar-refractivity contribution in [1.82, 2.24) is 9.55 Å². The summed E-state index contributed by atoms with van der Waals surface area (Å²) in [7, 11) is 0. The zero-order valence-electron chi connectivity index (χ0n) is 13.1. The van der Waals surface area contributed by atoms with E-state index < -0.39 is 0 Å². The van der Waals surface area contributed by atoms with E-state index in [1.807, 2.05) is 42.5 Å². The topological polar surface area (TPSA) is 53.4 Å². The zero-order chi connectivity index (χ0) is 16.1. The fourth-order valence-electron chi connectivity index (χ4n) is 3.36. The van der Waals surface area contributed by atoms with Gasteiger partial charge in [0.2, 0.25) is 6.79 Å². The number of hydrogen-bond donors (Lipinski definition) is 0. The van der Waals surface area contributed by atoms with Gasteiger partial charge in [0.1, 0.15) is 5.82 Å². The molecule has 1 saturated carbocycles. The Kier molecular flexibility index (Phi) is 2.89. The van der Waals surface area contributed by atoms with Crippen molar-refractivity contribution in [3.63, 3.8) is 0 Å². The minimum absolute atomic E-state index is 0.0265. The molecule has 1 aromatic heterocycles. The molecule has 1 fully saturated rings. The molecule has 0 unspecified atom stereocenters. The van der Waals surface area contributed by atoms with Crippen molar-refractivity contribution in [2.24, 2.45) is 0 Å². The second kappa shape index (κ2) is 5.09. The average Bonchev–Trinajstić information content (AvgIpc) is 3.01. The molecule has 0 N–H and O–H groups in total. The molecule has 120 valence electrons. The van der Waals surface area contributed by atoms with Crippen LogP contribution in [0, 0.1) is 0 Å². The summed E-state index contributed by atoms with van der Waals surface area (Å²) in [6.45, 7) is 0.221. The summed E-state index contributed by atoms with van der Waals surface area (Å²) < 4.78 is 12.6. The molecule has 0 bridgehead atoms. The second-order valence-corrected chi connectivity index (χ2v) is 6.29. The zero-order valence-corrected chi connectivity index (χ0v) is 13.1. The summed E-state index contributed by atoms with van der Waals surface area (Å²) in [5, 5.41) is 0.637. The molecule has 2 aromatic carbocycles. The molecule has 0 spiro atoms. The van der Waals surface area contributed by atoms with Gasteiger partial charge in [0, 0.05) is 12.0 Å². The van der Waals surface area contributed by atoms with E-state index in [-0.39, 0.29) is 12.4 Å². The highest BCUT2D eigenvalue weighted by Gasteiger charge is 2.27. The van der Waals surface area contributed by atoms with Gasteiger partial charge in [-0.1, -0.05) is 18.6 Å². The van der Waals surface area contributed by atoms with Gasteiger partial charge >= 0.3 is 0 Å². The number of aromatic nitrogens is 2. The van der Waals surface area contributed by atoms with Gasteiger partial charge in [-0.05, 0) is 37.1 Å². The number of para-hydroxylation sites is 1. The molecule has 5 heteroatoms. The summed E-state index contributed by atoms with van der Waals surface area (Å²) in [4.78, 5) is 18.0. The maximum atomic E-state index is 13.1. The third-order valence-electron chi connectivity index (χ3n) is 4.89. The van der Waals surface area contributed by atoms with Crippen molar-refractivity contribution in [3.05, 3.63) is 58.6 Å². The molecular formula is C19H16N2O3. The van der Waals surface area contributed by atoms with Crippen molar-refractivity contribution in [2.75, 3.05) is 6.79 Å². The molecule has 3 aromatic rings. The van der Waals surface area contributed by atoms with Gasteiger partial charge in [0.05, 0.1) is 16.6 Å². The van der Waals surface area contributed by atoms with Crippen LogP contribution in [0.1, 0.15) is 31.0 Å². The Bertz CT molecular complexity index is 1010. The monoisotopic (exact) mass is 320 g/mol. The maximum Gasteiger partial charge on any atom is 0.265 e. The van der Waals surface area contributed by atoms with Crippen LogP contribution >= 0.6 is 0 Å². The largest absolute Gasteiger partial charge is 0.454 e. The van der Waals surface area contributed by atoms with Crippen LogP contribution in [0.25, 0.3) is 16.6 Å². The van der Waals surface area contributed by atoms with Crippen molar-refractivity contribution in [1.29, 1.82) is 0 Å². The fraction of sp³-hybridized carbons (Fsp3) is 0.263. The van der Waals surface area contributed by atoms with Gasteiger partial charge in [-0.25, -0.2) is 4.98 Å². The first kappa shape index (κ1) is 13.6. The molecule has 1 aliphatic heterocycles. The van der Waals surface area contributed by atoms with Gasteiger partial charge in [-0.2, -0.15) is 0 Å². The summed E-state index contributed by atoms with van der Waals surface area (Å²) in [5.41, 5.74) is 1.52. The molecule has 2 heterocycles. The highest BCUT2D eigenvalue weighted by Crippen LogP contribution is 2.38. The second-order valence-electron chi connectivity index (χ2n) is 6.29. The van der Waals surface area contributed by atoms with Gasteiger partial charge in [-0.3, -0.25) is 9.36 Å². The van der Waals surface area contributed by atoms with Crippen LogP contribution in [0.5, 0.6) is 11.5 Å². The van der Waals surface area contributed by atoms with E-state index in [0.29, 0.717) is 22.8 Å². The molecule has 0 amide bonds. The van der Waals surface area contributed by atoms with E-state index in [1.54, 1.807) is 4.57 Å². The van der Waals surface area contributed by atoms with Gasteiger partial charge in [0.25, 0.3) is 5.56 Å². The predicted molar refractivity (Wildman–Crippen MR) is 90.1 cm³/mol. The molecule has 0 atom stereocenters. The molecular weight excluding hydrogens is 304 g/mol. The van der Waals surface area contributed by atoms with E-state index in [0.717, 1.165) is 29.9 Å². The average molecular weight is 320 g/mol. The Balaban J connectivity index is 1.79. The van der Waals surface area contributed by atoms with E-state index in [1.165, 1.54) is 6.42 Å². The Labute approximate surface area is 138 Å². The van der Waals surface area contributed by atoms with Gasteiger partial charge < -0.3 is 9.47 Å². The lowest BCUT2D eigenvalue weighted by Crippen LogP contribution is -2.27. The molecule has 0 radical (unpaired) electrons. The first-order valence-electron chi connectivity index (χ1n) is 8.23. The number of benzene rings is 2. The number of ether oxygens (including phenoxy) is 2. The molecule has 5 nitrogen and oxygen atoms in total. The SMILES string of the molecule is O=c1c2ccccc2nc(C2CCC2)n1-c1ccc2c(c1)OCO2. The quantitative estimate of drug-likeness (QED) is 0.726. The summed E-state index contributed by atoms with van der Waals surface area (Å²) in [6, 6.07) is 13.1. The van der Waals surface area contributed by atoms with Crippen LogP contribution < -0.4 is 15.0 Å². The van der Waals surface area contributed by atoms with Gasteiger partial charge in [-0.15, -0.1) is 0 Å². The van der Waals surface area contributed by atoms with Crippen LogP contribution in [0.4, 0.5) is 0 Å². The highest BCUT2D eigenvalue weighted by atomic mass is 16.7. The highest BCUT2D eigenvalue weighted by molar-refractivity contribution is 5.78. The number of nitrogens with zero attached hydrogens (tertiary/aromatic N) is 2. The Morgan fingerprint density at radius 3 is 2.71 bits per heavy atom. The lowest BCUT2D eigenvalue weighted by Gasteiger charge is -2.27. The first-order chi connectivity index (χ1) is 11.8. The molecule has 24 heavy (non-hydrogen) atoms. The van der Waals surface area contributed by atoms with E-state index in [9.17, 15) is 4.79 Å². The van der Waals surface area contributed by atoms with E-state index in [4.69, 9.17) is 14.5 Å². The van der Waals surface area contributed by atoms with Gasteiger partial charge in [0.15, 0.2) is 11.5 Å². The lowest BCUT2D eigenvalue weighted by atomic mass is 9.84. The fourth-order valence-corrected chi connectivity index (χ4v) is 3.36. The summed E-state index contributed by atoms with van der Waals surface area (Å²) in [6.07, 6.45) is 3.35. The maximum absolute atomic E-state index is 13.1. The Morgan fingerprint density at radius 2 is 1.88 bits per heavy atom. The molecule has 1 aliphatic carbocycles. The smallest absolute Gasteiger partial charge is 0.265 e. The van der Waals surface area contributed by atoms with Crippen molar-refractivity contribution >= 4 is 10.9 Å². The Morgan fingerprint density at radius 1 is 1.04 bits per heavy atom. The first-order valence-corrected chi connectivity index (χ1v) is 8.23. The molecule has 2 aliphatic rings. The normalized spacial score (nSPS) is 16.3. The number of fused-ring (bicyclic) bond motifs is 2. The third kappa shape index (κ3) is 1.94. The van der Waals surface area contributed by atoms with Crippen LogP contribution in [0.3, 0.4) is 0 Å². The minimum atomic E-state index is -0.0265. The van der Waals surface area contributed by atoms with Crippen LogP contribution in [-0.4, -0.2) is 16.3 Å². The minimum Gasteiger partial charge on any atom is -0.454 e. The van der Waals surface area contributed by atoms with Crippen LogP contribution in [0.2, 0.25) is 0 Å². The van der Waals surface area contributed by atoms with Crippen molar-refractivity contribution in [3.8, 4) is 17.2 Å². The number of rotatable bonds is 2.